The van der Waals surface area contributed by atoms with Crippen LogP contribution in [0.5, 0.6) is 5.75 Å². The van der Waals surface area contributed by atoms with E-state index in [1.54, 1.807) is 6.07 Å². The van der Waals surface area contributed by atoms with Crippen LogP contribution >= 0.6 is 15.9 Å². The summed E-state index contributed by atoms with van der Waals surface area (Å²) in [6.45, 7) is 2.77. The zero-order chi connectivity index (χ0) is 14.5. The highest BCUT2D eigenvalue weighted by molar-refractivity contribution is 9.10. The first-order chi connectivity index (χ1) is 8.81. The number of benzene rings is 1. The second kappa shape index (κ2) is 7.12. The van der Waals surface area contributed by atoms with Crippen LogP contribution in [-0.4, -0.2) is 24.1 Å². The third-order valence-corrected chi connectivity index (χ3v) is 3.02. The van der Waals surface area contributed by atoms with E-state index < -0.39 is 12.5 Å². The summed E-state index contributed by atoms with van der Waals surface area (Å²) >= 11 is 3.03. The SMILES string of the molecule is CCC(O)CNCc1ccc(OC(F)(F)F)c(Br)c1. The van der Waals surface area contributed by atoms with Crippen molar-refractivity contribution in [3.05, 3.63) is 28.2 Å². The lowest BCUT2D eigenvalue weighted by molar-refractivity contribution is -0.274. The maximum Gasteiger partial charge on any atom is 0.573 e. The minimum atomic E-state index is -4.70. The molecule has 1 rings (SSSR count). The highest BCUT2D eigenvalue weighted by Gasteiger charge is 2.31. The average molecular weight is 342 g/mol. The molecule has 0 bridgehead atoms. The number of aliphatic hydroxyl groups excluding tert-OH is 1. The largest absolute Gasteiger partial charge is 0.573 e. The second-order valence-electron chi connectivity index (χ2n) is 4.01. The van der Waals surface area contributed by atoms with E-state index in [0.29, 0.717) is 19.5 Å². The molecule has 1 aromatic carbocycles. The molecule has 0 saturated carbocycles. The molecule has 0 aliphatic rings. The van der Waals surface area contributed by atoms with Crippen molar-refractivity contribution in [1.29, 1.82) is 0 Å². The van der Waals surface area contributed by atoms with E-state index in [2.05, 4.69) is 26.0 Å². The molecule has 0 spiro atoms. The molecular weight excluding hydrogens is 327 g/mol. The predicted octanol–water partition coefficient (Wildman–Crippen LogP) is 3.21. The topological polar surface area (TPSA) is 41.5 Å². The summed E-state index contributed by atoms with van der Waals surface area (Å²) in [5.41, 5.74) is 0.796. The summed E-state index contributed by atoms with van der Waals surface area (Å²) in [6.07, 6.45) is -4.47. The normalized spacial score (nSPS) is 13.4. The molecule has 0 fully saturated rings. The van der Waals surface area contributed by atoms with Gasteiger partial charge in [0, 0.05) is 13.1 Å². The fourth-order valence-electron chi connectivity index (χ4n) is 1.39. The fraction of sp³-hybridized carbons (Fsp3) is 0.500. The fourth-order valence-corrected chi connectivity index (χ4v) is 1.90. The number of ether oxygens (including phenoxy) is 1. The summed E-state index contributed by atoms with van der Waals surface area (Å²) in [4.78, 5) is 0. The molecule has 0 aliphatic heterocycles. The van der Waals surface area contributed by atoms with Crippen LogP contribution in [0.3, 0.4) is 0 Å². The van der Waals surface area contributed by atoms with Crippen LogP contribution in [0, 0.1) is 0 Å². The molecule has 1 aromatic rings. The Morgan fingerprint density at radius 1 is 1.42 bits per heavy atom. The highest BCUT2D eigenvalue weighted by Crippen LogP contribution is 2.30. The van der Waals surface area contributed by atoms with Gasteiger partial charge in [-0.25, -0.2) is 0 Å². The third kappa shape index (κ3) is 6.26. The molecule has 0 saturated heterocycles. The lowest BCUT2D eigenvalue weighted by Gasteiger charge is -2.12. The van der Waals surface area contributed by atoms with Gasteiger partial charge in [-0.2, -0.15) is 0 Å². The molecule has 1 unspecified atom stereocenters. The summed E-state index contributed by atoms with van der Waals surface area (Å²) in [6, 6.07) is 4.34. The summed E-state index contributed by atoms with van der Waals surface area (Å²) in [5, 5.41) is 12.4. The van der Waals surface area contributed by atoms with Gasteiger partial charge in [-0.3, -0.25) is 0 Å². The van der Waals surface area contributed by atoms with Crippen LogP contribution in [0.25, 0.3) is 0 Å². The molecule has 0 aromatic heterocycles. The van der Waals surface area contributed by atoms with Crippen molar-refractivity contribution in [2.75, 3.05) is 6.54 Å². The van der Waals surface area contributed by atoms with Gasteiger partial charge >= 0.3 is 6.36 Å². The monoisotopic (exact) mass is 341 g/mol. The molecule has 0 amide bonds. The Morgan fingerprint density at radius 2 is 2.11 bits per heavy atom. The first kappa shape index (κ1) is 16.3. The van der Waals surface area contributed by atoms with Gasteiger partial charge in [0.25, 0.3) is 0 Å². The number of halogens is 4. The van der Waals surface area contributed by atoms with Gasteiger partial charge in [-0.05, 0) is 40.0 Å². The van der Waals surface area contributed by atoms with E-state index in [1.165, 1.54) is 12.1 Å². The van der Waals surface area contributed by atoms with Crippen molar-refractivity contribution in [3.63, 3.8) is 0 Å². The highest BCUT2D eigenvalue weighted by atomic mass is 79.9. The van der Waals surface area contributed by atoms with Gasteiger partial charge in [0.2, 0.25) is 0 Å². The minimum absolute atomic E-state index is 0.236. The van der Waals surface area contributed by atoms with Gasteiger partial charge in [-0.15, -0.1) is 13.2 Å². The summed E-state index contributed by atoms with van der Waals surface area (Å²) < 4.78 is 40.3. The third-order valence-electron chi connectivity index (χ3n) is 2.40. The first-order valence-corrected chi connectivity index (χ1v) is 6.54. The Labute approximate surface area is 117 Å². The summed E-state index contributed by atoms with van der Waals surface area (Å²) in [5.74, 6) is -0.273. The Kier molecular flexibility index (Phi) is 6.09. The number of rotatable bonds is 6. The van der Waals surface area contributed by atoms with Gasteiger partial charge in [0.05, 0.1) is 10.6 Å². The second-order valence-corrected chi connectivity index (χ2v) is 4.86. The Balaban J connectivity index is 2.57. The van der Waals surface area contributed by atoms with Crippen LogP contribution in [0.2, 0.25) is 0 Å². The molecule has 7 heteroatoms. The zero-order valence-corrected chi connectivity index (χ0v) is 11.9. The smallest absolute Gasteiger partial charge is 0.405 e. The lowest BCUT2D eigenvalue weighted by Crippen LogP contribution is -2.25. The number of hydrogen-bond donors (Lipinski definition) is 2. The maximum absolute atomic E-state index is 12.1. The zero-order valence-electron chi connectivity index (χ0n) is 10.3. The van der Waals surface area contributed by atoms with Crippen molar-refractivity contribution in [2.45, 2.75) is 32.4 Å². The maximum atomic E-state index is 12.1. The van der Waals surface area contributed by atoms with E-state index in [9.17, 15) is 18.3 Å². The van der Waals surface area contributed by atoms with Crippen molar-refractivity contribution < 1.29 is 23.0 Å². The predicted molar refractivity (Wildman–Crippen MR) is 68.8 cm³/mol. The first-order valence-electron chi connectivity index (χ1n) is 5.74. The number of aliphatic hydroxyl groups is 1. The van der Waals surface area contributed by atoms with Gasteiger partial charge < -0.3 is 15.2 Å². The average Bonchev–Trinajstić information content (AvgIpc) is 2.31. The van der Waals surface area contributed by atoms with E-state index >= 15 is 0 Å². The van der Waals surface area contributed by atoms with Gasteiger partial charge in [-0.1, -0.05) is 13.0 Å². The van der Waals surface area contributed by atoms with Crippen molar-refractivity contribution in [1.82, 2.24) is 5.32 Å². The Hall–Kier alpha value is -0.790. The van der Waals surface area contributed by atoms with Crippen LogP contribution in [0.4, 0.5) is 13.2 Å². The molecule has 0 radical (unpaired) electrons. The van der Waals surface area contributed by atoms with Crippen LogP contribution in [-0.2, 0) is 6.54 Å². The molecule has 2 N–H and O–H groups in total. The standard InChI is InChI=1S/C12H15BrF3NO2/c1-2-9(18)7-17-6-8-3-4-11(10(13)5-8)19-12(14,15)16/h3-5,9,17-18H,2,6-7H2,1H3. The number of nitrogens with one attached hydrogen (secondary N) is 1. The molecule has 0 aliphatic carbocycles. The van der Waals surface area contributed by atoms with E-state index in [1.807, 2.05) is 6.92 Å². The van der Waals surface area contributed by atoms with Crippen molar-refractivity contribution in [2.24, 2.45) is 0 Å². The molecule has 1 atom stereocenters. The minimum Gasteiger partial charge on any atom is -0.405 e. The van der Waals surface area contributed by atoms with Crippen LogP contribution in [0.15, 0.2) is 22.7 Å². The van der Waals surface area contributed by atoms with Gasteiger partial charge in [0.15, 0.2) is 0 Å². The molecule has 108 valence electrons. The molecule has 3 nitrogen and oxygen atoms in total. The number of hydrogen-bond acceptors (Lipinski definition) is 3. The van der Waals surface area contributed by atoms with Crippen molar-refractivity contribution in [3.8, 4) is 5.75 Å². The molecular formula is C12H15BrF3NO2. The number of alkyl halides is 3. The lowest BCUT2D eigenvalue weighted by atomic mass is 10.2. The Bertz CT molecular complexity index is 412. The van der Waals surface area contributed by atoms with E-state index in [-0.39, 0.29) is 10.2 Å². The Morgan fingerprint density at radius 3 is 2.63 bits per heavy atom. The molecule has 0 heterocycles. The van der Waals surface area contributed by atoms with Crippen LogP contribution < -0.4 is 10.1 Å². The van der Waals surface area contributed by atoms with Crippen molar-refractivity contribution >= 4 is 15.9 Å². The van der Waals surface area contributed by atoms with E-state index in [4.69, 9.17) is 0 Å². The van der Waals surface area contributed by atoms with E-state index in [0.717, 1.165) is 5.56 Å². The quantitative estimate of drug-likeness (QED) is 0.834. The molecule has 19 heavy (non-hydrogen) atoms. The van der Waals surface area contributed by atoms with Gasteiger partial charge in [0.1, 0.15) is 5.75 Å². The summed E-state index contributed by atoms with van der Waals surface area (Å²) in [7, 11) is 0. The van der Waals surface area contributed by atoms with Crippen LogP contribution in [0.1, 0.15) is 18.9 Å².